The Hall–Kier alpha value is -2.79. The Kier molecular flexibility index (Phi) is 4.17. The van der Waals surface area contributed by atoms with Gasteiger partial charge in [-0.25, -0.2) is 0 Å². The van der Waals surface area contributed by atoms with E-state index >= 15 is 0 Å². The van der Waals surface area contributed by atoms with Crippen LogP contribution in [0, 0.1) is 0 Å². The fraction of sp³-hybridized carbons (Fsp3) is 0.304. The van der Waals surface area contributed by atoms with Crippen molar-refractivity contribution in [3.8, 4) is 0 Å². The highest BCUT2D eigenvalue weighted by Gasteiger charge is 2.48. The Labute approximate surface area is 174 Å². The maximum absolute atomic E-state index is 13.4. The van der Waals surface area contributed by atoms with Gasteiger partial charge in [-0.05, 0) is 43.2 Å². The van der Waals surface area contributed by atoms with E-state index in [0.717, 1.165) is 27.7 Å². The first kappa shape index (κ1) is 18.3. The van der Waals surface area contributed by atoms with Crippen molar-refractivity contribution < 1.29 is 9.59 Å². The minimum absolute atomic E-state index is 0.0115. The van der Waals surface area contributed by atoms with E-state index < -0.39 is 6.04 Å². The number of nitrogens with one attached hydrogen (secondary N) is 1. The number of halogens is 1. The number of nitrogens with zero attached hydrogens (tertiary/aromatic N) is 2. The first-order chi connectivity index (χ1) is 14.0. The Bertz CT molecular complexity index is 1140. The molecule has 1 saturated heterocycles. The lowest BCUT2D eigenvalue weighted by Gasteiger charge is -2.48. The molecule has 5 rings (SSSR count). The molecule has 148 valence electrons. The SMILES string of the molecule is CC(C)N1CC(=O)N2[C@@H](c3cccc(Cl)c3)c3[nH]c4ccccc4c3C[C@H]2C1=O. The quantitative estimate of drug-likeness (QED) is 0.700. The highest BCUT2D eigenvalue weighted by molar-refractivity contribution is 6.30. The van der Waals surface area contributed by atoms with Gasteiger partial charge < -0.3 is 14.8 Å². The van der Waals surface area contributed by atoms with Gasteiger partial charge >= 0.3 is 0 Å². The van der Waals surface area contributed by atoms with Gasteiger partial charge in [0, 0.05) is 34.1 Å². The number of aromatic nitrogens is 1. The molecule has 3 aromatic rings. The zero-order chi connectivity index (χ0) is 20.3. The maximum atomic E-state index is 13.4. The molecule has 2 aliphatic rings. The first-order valence-electron chi connectivity index (χ1n) is 9.92. The predicted octanol–water partition coefficient (Wildman–Crippen LogP) is 3.91. The second-order valence-corrected chi connectivity index (χ2v) is 8.54. The molecule has 0 unspecified atom stereocenters. The normalized spacial score (nSPS) is 21.7. The van der Waals surface area contributed by atoms with Crippen LogP contribution in [0.4, 0.5) is 0 Å². The first-order valence-corrected chi connectivity index (χ1v) is 10.3. The van der Waals surface area contributed by atoms with Gasteiger partial charge in [-0.15, -0.1) is 0 Å². The van der Waals surface area contributed by atoms with Gasteiger partial charge in [-0.1, -0.05) is 41.9 Å². The van der Waals surface area contributed by atoms with E-state index in [2.05, 4.69) is 11.1 Å². The summed E-state index contributed by atoms with van der Waals surface area (Å²) in [7, 11) is 0. The van der Waals surface area contributed by atoms with Crippen LogP contribution in [0.2, 0.25) is 5.02 Å². The van der Waals surface area contributed by atoms with E-state index in [9.17, 15) is 9.59 Å². The summed E-state index contributed by atoms with van der Waals surface area (Å²) in [5.74, 6) is -0.0138. The lowest BCUT2D eigenvalue weighted by molar-refractivity contribution is -0.160. The number of piperazine rings is 1. The third-order valence-corrected chi connectivity index (χ3v) is 6.32. The third kappa shape index (κ3) is 2.76. The molecule has 2 aliphatic heterocycles. The second kappa shape index (κ2) is 6.63. The van der Waals surface area contributed by atoms with Gasteiger partial charge in [0.2, 0.25) is 11.8 Å². The molecule has 2 aromatic carbocycles. The van der Waals surface area contributed by atoms with Crippen LogP contribution >= 0.6 is 11.6 Å². The molecule has 0 radical (unpaired) electrons. The molecule has 0 spiro atoms. The second-order valence-electron chi connectivity index (χ2n) is 8.10. The van der Waals surface area contributed by atoms with Crippen molar-refractivity contribution in [3.63, 3.8) is 0 Å². The number of hydrogen-bond acceptors (Lipinski definition) is 2. The van der Waals surface area contributed by atoms with Gasteiger partial charge in [-0.2, -0.15) is 0 Å². The number of benzene rings is 2. The number of hydrogen-bond donors (Lipinski definition) is 1. The summed E-state index contributed by atoms with van der Waals surface area (Å²) in [6, 6.07) is 14.8. The molecule has 1 fully saturated rings. The molecule has 29 heavy (non-hydrogen) atoms. The van der Waals surface area contributed by atoms with Gasteiger partial charge in [0.15, 0.2) is 0 Å². The van der Waals surface area contributed by atoms with E-state index in [-0.39, 0.29) is 30.4 Å². The van der Waals surface area contributed by atoms with Crippen molar-refractivity contribution in [1.29, 1.82) is 0 Å². The molecule has 2 atom stereocenters. The molecule has 2 amide bonds. The summed E-state index contributed by atoms with van der Waals surface area (Å²) < 4.78 is 0. The summed E-state index contributed by atoms with van der Waals surface area (Å²) in [5.41, 5.74) is 4.02. The summed E-state index contributed by atoms with van der Waals surface area (Å²) in [5, 5.41) is 1.72. The molecule has 0 saturated carbocycles. The largest absolute Gasteiger partial charge is 0.356 e. The number of rotatable bonds is 2. The Morgan fingerprint density at radius 2 is 1.90 bits per heavy atom. The van der Waals surface area contributed by atoms with Crippen molar-refractivity contribution in [2.75, 3.05) is 6.54 Å². The standard InChI is InChI=1S/C23H22ClN3O2/c1-13(2)26-12-20(28)27-19(23(26)29)11-17-16-8-3-4-9-18(16)25-21(17)22(27)14-6-5-7-15(24)10-14/h3-10,13,19,22,25H,11-12H2,1-2H3/t19-,22-/m0/s1. The van der Waals surface area contributed by atoms with E-state index in [1.54, 1.807) is 9.80 Å². The molecule has 3 heterocycles. The third-order valence-electron chi connectivity index (χ3n) is 6.08. The van der Waals surface area contributed by atoms with Crippen molar-refractivity contribution in [2.24, 2.45) is 0 Å². The van der Waals surface area contributed by atoms with Crippen molar-refractivity contribution >= 4 is 34.3 Å². The smallest absolute Gasteiger partial charge is 0.246 e. The highest BCUT2D eigenvalue weighted by Crippen LogP contribution is 2.43. The molecule has 0 aliphatic carbocycles. The van der Waals surface area contributed by atoms with Crippen LogP contribution in [0.15, 0.2) is 48.5 Å². The van der Waals surface area contributed by atoms with Gasteiger partial charge in [0.05, 0.1) is 6.04 Å². The summed E-state index contributed by atoms with van der Waals surface area (Å²) in [6.07, 6.45) is 0.518. The fourth-order valence-corrected chi connectivity index (χ4v) is 4.95. The number of H-pyrrole nitrogens is 1. The number of aromatic amines is 1. The average molecular weight is 408 g/mol. The van der Waals surface area contributed by atoms with Gasteiger partial charge in [0.25, 0.3) is 0 Å². The molecule has 5 nitrogen and oxygen atoms in total. The summed E-state index contributed by atoms with van der Waals surface area (Å²) in [6.45, 7) is 4.02. The van der Waals surface area contributed by atoms with Gasteiger partial charge in [-0.3, -0.25) is 9.59 Å². The average Bonchev–Trinajstić information content (AvgIpc) is 3.07. The molecule has 1 N–H and O–H groups in total. The Morgan fingerprint density at radius 3 is 2.66 bits per heavy atom. The van der Waals surface area contributed by atoms with Crippen LogP contribution in [0.3, 0.4) is 0 Å². The van der Waals surface area contributed by atoms with Gasteiger partial charge in [0.1, 0.15) is 12.6 Å². The number of fused-ring (bicyclic) bond motifs is 4. The van der Waals surface area contributed by atoms with Crippen LogP contribution in [0.25, 0.3) is 10.9 Å². The van der Waals surface area contributed by atoms with Crippen LogP contribution in [0.5, 0.6) is 0 Å². The van der Waals surface area contributed by atoms with Crippen molar-refractivity contribution in [3.05, 3.63) is 70.4 Å². The van der Waals surface area contributed by atoms with Crippen molar-refractivity contribution in [2.45, 2.75) is 38.4 Å². The van der Waals surface area contributed by atoms with Crippen LogP contribution in [-0.4, -0.2) is 45.2 Å². The Balaban J connectivity index is 1.74. The van der Waals surface area contributed by atoms with Crippen LogP contribution in [0.1, 0.15) is 36.7 Å². The topological polar surface area (TPSA) is 56.4 Å². The minimum atomic E-state index is -0.505. The summed E-state index contributed by atoms with van der Waals surface area (Å²) in [4.78, 5) is 33.6. The predicted molar refractivity (Wildman–Crippen MR) is 113 cm³/mol. The zero-order valence-corrected chi connectivity index (χ0v) is 17.1. The lowest BCUT2D eigenvalue weighted by Crippen LogP contribution is -2.64. The number of para-hydroxylation sites is 1. The Morgan fingerprint density at radius 1 is 1.10 bits per heavy atom. The number of carbonyl (C=O) groups is 2. The molecular weight excluding hydrogens is 386 g/mol. The van der Waals surface area contributed by atoms with E-state index in [0.29, 0.717) is 11.4 Å². The fourth-order valence-electron chi connectivity index (χ4n) is 4.75. The zero-order valence-electron chi connectivity index (χ0n) is 16.4. The lowest BCUT2D eigenvalue weighted by atomic mass is 9.86. The van der Waals surface area contributed by atoms with E-state index in [4.69, 9.17) is 11.6 Å². The van der Waals surface area contributed by atoms with Crippen LogP contribution in [-0.2, 0) is 16.0 Å². The molecular formula is C23H22ClN3O2. The molecule has 6 heteroatoms. The minimum Gasteiger partial charge on any atom is -0.356 e. The molecule has 0 bridgehead atoms. The number of carbonyl (C=O) groups excluding carboxylic acids is 2. The number of amides is 2. The van der Waals surface area contributed by atoms with E-state index in [1.807, 2.05) is 56.3 Å². The van der Waals surface area contributed by atoms with E-state index in [1.165, 1.54) is 0 Å². The molecule has 1 aromatic heterocycles. The highest BCUT2D eigenvalue weighted by atomic mass is 35.5. The monoisotopic (exact) mass is 407 g/mol. The maximum Gasteiger partial charge on any atom is 0.246 e. The van der Waals surface area contributed by atoms with Crippen LogP contribution < -0.4 is 0 Å². The summed E-state index contributed by atoms with van der Waals surface area (Å²) >= 11 is 6.29. The van der Waals surface area contributed by atoms with Crippen molar-refractivity contribution in [1.82, 2.24) is 14.8 Å².